The molecule has 1 fully saturated rings. The highest BCUT2D eigenvalue weighted by Gasteiger charge is 2.21. The first-order valence-electron chi connectivity index (χ1n) is 7.73. The van der Waals surface area contributed by atoms with Crippen LogP contribution in [-0.2, 0) is 0 Å². The van der Waals surface area contributed by atoms with E-state index in [4.69, 9.17) is 0 Å². The van der Waals surface area contributed by atoms with Gasteiger partial charge in [0, 0.05) is 24.8 Å². The molecule has 0 amide bonds. The van der Waals surface area contributed by atoms with Crippen molar-refractivity contribution in [3.63, 3.8) is 0 Å². The maximum atomic E-state index is 4.38. The second-order valence-corrected chi connectivity index (χ2v) is 5.56. The molecular weight excluding hydrogens is 236 g/mol. The maximum Gasteiger partial charge on any atom is 0.0951 e. The Morgan fingerprint density at radius 1 is 1.42 bits per heavy atom. The number of rotatable bonds is 6. The van der Waals surface area contributed by atoms with Crippen LogP contribution in [-0.4, -0.2) is 40.6 Å². The number of piperidine rings is 1. The van der Waals surface area contributed by atoms with E-state index in [2.05, 4.69) is 40.5 Å². The molecule has 2 heterocycles. The molecule has 0 aromatic carbocycles. The maximum absolute atomic E-state index is 4.38. The number of likely N-dealkylation sites (N-methyl/N-ethyl adjacent to an activating group) is 1. The first-order chi connectivity index (χ1) is 9.26. The Hall–Kier alpha value is -0.870. The van der Waals surface area contributed by atoms with Crippen LogP contribution in [0, 0.1) is 0 Å². The first-order valence-corrected chi connectivity index (χ1v) is 7.73. The first kappa shape index (κ1) is 14.5. The lowest BCUT2D eigenvalue weighted by atomic mass is 10.0. The monoisotopic (exact) mass is 264 g/mol. The number of hydrogen-bond acceptors (Lipinski definition) is 3. The average molecular weight is 264 g/mol. The topological polar surface area (TPSA) is 33.1 Å². The number of nitrogens with one attached hydrogen (secondary N) is 1. The Labute approximate surface area is 117 Å². The summed E-state index contributed by atoms with van der Waals surface area (Å²) in [5.74, 6) is 0. The zero-order valence-corrected chi connectivity index (χ0v) is 12.6. The van der Waals surface area contributed by atoms with Crippen LogP contribution in [0.25, 0.3) is 0 Å². The van der Waals surface area contributed by atoms with Crippen molar-refractivity contribution in [1.29, 1.82) is 0 Å². The normalized spacial score (nSPS) is 21.8. The number of nitrogens with zero attached hydrogens (tertiary/aromatic N) is 3. The van der Waals surface area contributed by atoms with Crippen molar-refractivity contribution in [2.24, 2.45) is 0 Å². The van der Waals surface area contributed by atoms with Gasteiger partial charge in [0.2, 0.25) is 0 Å². The fourth-order valence-electron chi connectivity index (χ4n) is 3.00. The summed E-state index contributed by atoms with van der Waals surface area (Å²) >= 11 is 0. The van der Waals surface area contributed by atoms with Crippen molar-refractivity contribution in [3.8, 4) is 0 Å². The van der Waals surface area contributed by atoms with Crippen LogP contribution in [0.1, 0.15) is 57.8 Å². The summed E-state index contributed by atoms with van der Waals surface area (Å²) in [5.41, 5.74) is 1.36. The molecule has 19 heavy (non-hydrogen) atoms. The van der Waals surface area contributed by atoms with Gasteiger partial charge in [-0.05, 0) is 39.4 Å². The van der Waals surface area contributed by atoms with E-state index in [-0.39, 0.29) is 0 Å². The lowest BCUT2D eigenvalue weighted by Gasteiger charge is -2.29. The molecule has 2 rings (SSSR count). The molecule has 2 atom stereocenters. The summed E-state index contributed by atoms with van der Waals surface area (Å²) < 4.78 is 2.36. The van der Waals surface area contributed by atoms with Crippen LogP contribution in [0.15, 0.2) is 12.5 Å². The number of imidazole rings is 1. The molecule has 1 aliphatic rings. The molecule has 1 aliphatic heterocycles. The minimum absolute atomic E-state index is 0.487. The van der Waals surface area contributed by atoms with Gasteiger partial charge in [-0.25, -0.2) is 4.98 Å². The summed E-state index contributed by atoms with van der Waals surface area (Å²) in [7, 11) is 0. The summed E-state index contributed by atoms with van der Waals surface area (Å²) in [5, 5.41) is 3.62. The summed E-state index contributed by atoms with van der Waals surface area (Å²) in [6.45, 7) is 11.2. The molecule has 1 N–H and O–H groups in total. The van der Waals surface area contributed by atoms with E-state index in [0.717, 1.165) is 26.2 Å². The number of aromatic nitrogens is 2. The largest absolute Gasteiger partial charge is 0.329 e. The third-order valence-corrected chi connectivity index (χ3v) is 4.26. The van der Waals surface area contributed by atoms with Gasteiger partial charge in [0.15, 0.2) is 0 Å². The van der Waals surface area contributed by atoms with Gasteiger partial charge in [0.25, 0.3) is 0 Å². The summed E-state index contributed by atoms with van der Waals surface area (Å²) in [6, 6.07) is 0.983. The van der Waals surface area contributed by atoms with Crippen molar-refractivity contribution in [2.45, 2.75) is 52.1 Å². The smallest absolute Gasteiger partial charge is 0.0951 e. The van der Waals surface area contributed by atoms with Gasteiger partial charge in [-0.2, -0.15) is 0 Å². The van der Waals surface area contributed by atoms with E-state index in [1.54, 1.807) is 0 Å². The van der Waals surface area contributed by atoms with Gasteiger partial charge in [-0.1, -0.05) is 20.3 Å². The van der Waals surface area contributed by atoms with Crippen LogP contribution < -0.4 is 5.32 Å². The van der Waals surface area contributed by atoms with E-state index < -0.39 is 0 Å². The SMILES string of the molecule is CCN(CC)CC(C)n1cncc1C1CCCCN1. The standard InChI is InChI=1S/C15H28N4/c1-4-18(5-2)11-13(3)19-12-16-10-15(19)14-8-6-7-9-17-14/h10,12-14,17H,4-9,11H2,1-3H3. The molecule has 1 aromatic heterocycles. The number of hydrogen-bond donors (Lipinski definition) is 1. The molecule has 1 saturated heterocycles. The van der Waals surface area contributed by atoms with E-state index in [0.29, 0.717) is 12.1 Å². The van der Waals surface area contributed by atoms with E-state index in [1.165, 1.54) is 25.0 Å². The van der Waals surface area contributed by atoms with Crippen molar-refractivity contribution < 1.29 is 0 Å². The Kier molecular flexibility index (Phi) is 5.40. The lowest BCUT2D eigenvalue weighted by Crippen LogP contribution is -2.32. The third kappa shape index (κ3) is 3.57. The van der Waals surface area contributed by atoms with Gasteiger partial charge >= 0.3 is 0 Å². The third-order valence-electron chi connectivity index (χ3n) is 4.26. The molecule has 0 radical (unpaired) electrons. The molecule has 0 bridgehead atoms. The highest BCUT2D eigenvalue weighted by molar-refractivity contribution is 5.07. The zero-order chi connectivity index (χ0) is 13.7. The zero-order valence-electron chi connectivity index (χ0n) is 12.6. The second kappa shape index (κ2) is 7.06. The Morgan fingerprint density at radius 3 is 2.84 bits per heavy atom. The highest BCUT2D eigenvalue weighted by Crippen LogP contribution is 2.25. The predicted molar refractivity (Wildman–Crippen MR) is 79.3 cm³/mol. The molecule has 4 nitrogen and oxygen atoms in total. The Morgan fingerprint density at radius 2 is 2.21 bits per heavy atom. The van der Waals surface area contributed by atoms with Crippen molar-refractivity contribution in [3.05, 3.63) is 18.2 Å². The minimum Gasteiger partial charge on any atom is -0.329 e. The molecular formula is C15H28N4. The molecule has 108 valence electrons. The van der Waals surface area contributed by atoms with Crippen molar-refractivity contribution >= 4 is 0 Å². The molecule has 2 unspecified atom stereocenters. The average Bonchev–Trinajstić information content (AvgIpc) is 2.95. The summed E-state index contributed by atoms with van der Waals surface area (Å²) in [4.78, 5) is 6.86. The minimum atomic E-state index is 0.487. The van der Waals surface area contributed by atoms with E-state index >= 15 is 0 Å². The molecule has 1 aromatic rings. The van der Waals surface area contributed by atoms with Gasteiger partial charge in [0.1, 0.15) is 0 Å². The van der Waals surface area contributed by atoms with Crippen LogP contribution in [0.2, 0.25) is 0 Å². The Balaban J connectivity index is 2.05. The molecule has 0 saturated carbocycles. The van der Waals surface area contributed by atoms with Crippen LogP contribution in [0.4, 0.5) is 0 Å². The van der Waals surface area contributed by atoms with E-state index in [9.17, 15) is 0 Å². The fraction of sp³-hybridized carbons (Fsp3) is 0.800. The highest BCUT2D eigenvalue weighted by atomic mass is 15.2. The van der Waals surface area contributed by atoms with Gasteiger partial charge in [-0.3, -0.25) is 0 Å². The van der Waals surface area contributed by atoms with Gasteiger partial charge in [0.05, 0.1) is 12.0 Å². The molecule has 0 aliphatic carbocycles. The van der Waals surface area contributed by atoms with Crippen LogP contribution in [0.5, 0.6) is 0 Å². The van der Waals surface area contributed by atoms with Crippen molar-refractivity contribution in [1.82, 2.24) is 19.8 Å². The van der Waals surface area contributed by atoms with Crippen LogP contribution in [0.3, 0.4) is 0 Å². The van der Waals surface area contributed by atoms with Crippen molar-refractivity contribution in [2.75, 3.05) is 26.2 Å². The quantitative estimate of drug-likeness (QED) is 0.857. The lowest BCUT2D eigenvalue weighted by molar-refractivity contribution is 0.255. The Bertz CT molecular complexity index is 364. The second-order valence-electron chi connectivity index (χ2n) is 5.56. The fourth-order valence-corrected chi connectivity index (χ4v) is 3.00. The summed E-state index contributed by atoms with van der Waals surface area (Å²) in [6.07, 6.45) is 7.91. The predicted octanol–water partition coefficient (Wildman–Crippen LogP) is 2.60. The van der Waals surface area contributed by atoms with Gasteiger partial charge in [-0.15, -0.1) is 0 Å². The molecule has 0 spiro atoms. The van der Waals surface area contributed by atoms with Gasteiger partial charge < -0.3 is 14.8 Å². The van der Waals surface area contributed by atoms with Crippen LogP contribution >= 0.6 is 0 Å². The molecule has 4 heteroatoms. The van der Waals surface area contributed by atoms with E-state index in [1.807, 2.05) is 12.5 Å².